The first-order chi connectivity index (χ1) is 17.1. The van der Waals surface area contributed by atoms with Crippen molar-refractivity contribution < 1.29 is 0 Å². The molecule has 2 heterocycles. The van der Waals surface area contributed by atoms with Gasteiger partial charge in [0.1, 0.15) is 5.84 Å². The van der Waals surface area contributed by atoms with Crippen LogP contribution in [-0.4, -0.2) is 22.2 Å². The van der Waals surface area contributed by atoms with Crippen LogP contribution in [0.4, 0.5) is 0 Å². The van der Waals surface area contributed by atoms with Crippen molar-refractivity contribution in [3.63, 3.8) is 0 Å². The number of amidine groups is 1. The lowest BCUT2D eigenvalue weighted by molar-refractivity contribution is 0.162. The molecule has 1 unspecified atom stereocenters. The number of hydrogen-bond donors (Lipinski definition) is 2. The van der Waals surface area contributed by atoms with Gasteiger partial charge in [0.05, 0.1) is 24.7 Å². The van der Waals surface area contributed by atoms with E-state index in [0.29, 0.717) is 6.42 Å². The summed E-state index contributed by atoms with van der Waals surface area (Å²) in [7, 11) is 0. The lowest BCUT2D eigenvalue weighted by Crippen LogP contribution is -2.39. The van der Waals surface area contributed by atoms with Crippen molar-refractivity contribution >= 4 is 17.1 Å². The summed E-state index contributed by atoms with van der Waals surface area (Å²) in [6.45, 7) is 9.08. The highest BCUT2D eigenvalue weighted by molar-refractivity contribution is 6.09. The van der Waals surface area contributed by atoms with E-state index in [4.69, 9.17) is 5.10 Å². The van der Waals surface area contributed by atoms with Crippen LogP contribution in [-0.2, 0) is 0 Å². The number of aliphatic imine (C=N–C) groups is 1. The van der Waals surface area contributed by atoms with Gasteiger partial charge in [-0.1, -0.05) is 55.8 Å². The van der Waals surface area contributed by atoms with Crippen molar-refractivity contribution in [2.75, 3.05) is 6.54 Å². The number of nitrogens with one attached hydrogen (secondary N) is 2. The van der Waals surface area contributed by atoms with Gasteiger partial charge in [0.25, 0.3) is 0 Å². The number of benzene rings is 1. The zero-order valence-corrected chi connectivity index (χ0v) is 20.7. The molecule has 35 heavy (non-hydrogen) atoms. The molecule has 2 N–H and O–H groups in total. The van der Waals surface area contributed by atoms with Crippen LogP contribution in [0.1, 0.15) is 63.1 Å². The summed E-state index contributed by atoms with van der Waals surface area (Å²) in [6.07, 6.45) is 16.5. The van der Waals surface area contributed by atoms with Crippen LogP contribution in [0, 0.1) is 16.7 Å². The summed E-state index contributed by atoms with van der Waals surface area (Å²) in [5, 5.41) is 21.3. The van der Waals surface area contributed by atoms with Gasteiger partial charge in [0, 0.05) is 47.4 Å². The van der Waals surface area contributed by atoms with Crippen LogP contribution >= 0.6 is 0 Å². The van der Waals surface area contributed by atoms with Gasteiger partial charge in [-0.3, -0.25) is 4.68 Å². The van der Waals surface area contributed by atoms with E-state index in [-0.39, 0.29) is 11.5 Å². The van der Waals surface area contributed by atoms with Crippen molar-refractivity contribution in [3.05, 3.63) is 90.6 Å². The normalized spacial score (nSPS) is 20.1. The molecule has 1 aromatic carbocycles. The zero-order valence-electron chi connectivity index (χ0n) is 20.7. The predicted molar refractivity (Wildman–Crippen MR) is 143 cm³/mol. The van der Waals surface area contributed by atoms with Gasteiger partial charge in [-0.05, 0) is 43.9 Å². The average molecular weight is 467 g/mol. The van der Waals surface area contributed by atoms with Crippen molar-refractivity contribution in [3.8, 4) is 6.07 Å². The van der Waals surface area contributed by atoms with Gasteiger partial charge in [-0.2, -0.15) is 10.4 Å². The van der Waals surface area contributed by atoms with E-state index >= 15 is 0 Å². The highest BCUT2D eigenvalue weighted by Gasteiger charge is 2.42. The molecule has 4 rings (SSSR count). The molecular formula is C29H34N6. The maximum absolute atomic E-state index is 9.76. The average Bonchev–Trinajstić information content (AvgIpc) is 3.66. The molecule has 0 spiro atoms. The molecule has 6 nitrogen and oxygen atoms in total. The summed E-state index contributed by atoms with van der Waals surface area (Å²) in [4.78, 5) is 4.50. The minimum Gasteiger partial charge on any atom is -0.384 e. The van der Waals surface area contributed by atoms with Crippen molar-refractivity contribution in [1.29, 1.82) is 5.26 Å². The van der Waals surface area contributed by atoms with E-state index in [2.05, 4.69) is 53.5 Å². The van der Waals surface area contributed by atoms with Crippen molar-refractivity contribution in [2.24, 2.45) is 10.4 Å². The molecule has 1 atom stereocenters. The van der Waals surface area contributed by atoms with Crippen LogP contribution in [0.5, 0.6) is 0 Å². The Hall–Kier alpha value is -3.85. The second-order valence-corrected chi connectivity index (χ2v) is 9.33. The third-order valence-corrected chi connectivity index (χ3v) is 7.20. The molecule has 2 aliphatic rings. The predicted octanol–water partition coefficient (Wildman–Crippen LogP) is 5.98. The largest absolute Gasteiger partial charge is 0.384 e. The van der Waals surface area contributed by atoms with Gasteiger partial charge in [-0.15, -0.1) is 0 Å². The van der Waals surface area contributed by atoms with E-state index in [1.807, 2.05) is 54.4 Å². The Morgan fingerprint density at radius 2 is 2.09 bits per heavy atom. The Morgan fingerprint density at radius 3 is 2.80 bits per heavy atom. The minimum absolute atomic E-state index is 0.00830. The van der Waals surface area contributed by atoms with E-state index in [9.17, 15) is 5.26 Å². The number of allylic oxidation sites excluding steroid dienone is 2. The number of nitriles is 1. The molecule has 1 aliphatic carbocycles. The van der Waals surface area contributed by atoms with Crippen LogP contribution in [0.2, 0.25) is 0 Å². The monoisotopic (exact) mass is 466 g/mol. The smallest absolute Gasteiger partial charge is 0.137 e. The molecule has 1 fully saturated rings. The van der Waals surface area contributed by atoms with Gasteiger partial charge < -0.3 is 10.6 Å². The van der Waals surface area contributed by atoms with Crippen molar-refractivity contribution in [2.45, 2.75) is 52.0 Å². The van der Waals surface area contributed by atoms with Gasteiger partial charge >= 0.3 is 0 Å². The SMILES string of the molecule is C=C(NCC1(C(CC#N)n2cc(\C(C)=C3/C=CN/C3=N/C=C\C)cn2)CCCC1)c1ccccc1. The standard InChI is InChI=1S/C29H34N6/c1-4-17-31-28-26(13-18-32-28)22(2)25-19-34-35(20-25)27(12-16-30)29(14-8-9-15-29)21-33-23(3)24-10-6-5-7-11-24/h4-7,10-11,13,17-20,27,33H,3,8-9,12,14-15,21H2,1-2H3,(H,31,32)/b17-4-,26-22+. The summed E-state index contributed by atoms with van der Waals surface area (Å²) >= 11 is 0. The molecule has 0 bridgehead atoms. The molecule has 1 aromatic heterocycles. The maximum atomic E-state index is 9.76. The summed E-state index contributed by atoms with van der Waals surface area (Å²) in [5.41, 5.74) is 5.16. The van der Waals surface area contributed by atoms with E-state index < -0.39 is 0 Å². The molecule has 0 saturated heterocycles. The Morgan fingerprint density at radius 1 is 1.31 bits per heavy atom. The first-order valence-electron chi connectivity index (χ1n) is 12.3. The number of rotatable bonds is 9. The summed E-state index contributed by atoms with van der Waals surface area (Å²) in [5.74, 6) is 0.831. The molecule has 180 valence electrons. The highest BCUT2D eigenvalue weighted by Crippen LogP contribution is 2.48. The zero-order chi connectivity index (χ0) is 24.7. The fourth-order valence-corrected chi connectivity index (χ4v) is 5.18. The molecule has 6 heteroatoms. The molecular weight excluding hydrogens is 432 g/mol. The Balaban J connectivity index is 1.60. The highest BCUT2D eigenvalue weighted by atomic mass is 15.3. The molecule has 0 amide bonds. The molecule has 0 radical (unpaired) electrons. The second kappa shape index (κ2) is 11.1. The third kappa shape index (κ3) is 5.30. The maximum Gasteiger partial charge on any atom is 0.137 e. The fraction of sp³-hybridized carbons (Fsp3) is 0.345. The van der Waals surface area contributed by atoms with Gasteiger partial charge in [0.15, 0.2) is 0 Å². The van der Waals surface area contributed by atoms with Gasteiger partial charge in [0.2, 0.25) is 0 Å². The number of hydrogen-bond acceptors (Lipinski definition) is 4. The quantitative estimate of drug-likeness (QED) is 0.476. The number of aromatic nitrogens is 2. The molecule has 1 saturated carbocycles. The topological polar surface area (TPSA) is 78.0 Å². The van der Waals surface area contributed by atoms with Crippen LogP contribution in [0.15, 0.2) is 84.4 Å². The lowest BCUT2D eigenvalue weighted by atomic mass is 9.77. The first-order valence-corrected chi connectivity index (χ1v) is 12.3. The third-order valence-electron chi connectivity index (χ3n) is 7.20. The molecule has 1 aliphatic heterocycles. The number of nitrogens with zero attached hydrogens (tertiary/aromatic N) is 4. The van der Waals surface area contributed by atoms with E-state index in [0.717, 1.165) is 53.2 Å². The Kier molecular flexibility index (Phi) is 7.67. The summed E-state index contributed by atoms with van der Waals surface area (Å²) < 4.78 is 2.02. The van der Waals surface area contributed by atoms with Crippen molar-refractivity contribution in [1.82, 2.24) is 20.4 Å². The second-order valence-electron chi connectivity index (χ2n) is 9.33. The Labute approximate surface area is 208 Å². The molecule has 2 aromatic rings. The first kappa shape index (κ1) is 24.3. The lowest BCUT2D eigenvalue weighted by Gasteiger charge is -2.37. The van der Waals surface area contributed by atoms with Crippen LogP contribution in [0.3, 0.4) is 0 Å². The summed E-state index contributed by atoms with van der Waals surface area (Å²) in [6, 6.07) is 12.6. The Bertz CT molecular complexity index is 1200. The fourth-order valence-electron chi connectivity index (χ4n) is 5.18. The van der Waals surface area contributed by atoms with Crippen LogP contribution in [0.25, 0.3) is 11.3 Å². The van der Waals surface area contributed by atoms with Crippen LogP contribution < -0.4 is 10.6 Å². The van der Waals surface area contributed by atoms with E-state index in [1.54, 1.807) is 6.20 Å². The van der Waals surface area contributed by atoms with Gasteiger partial charge in [-0.25, -0.2) is 4.99 Å². The van der Waals surface area contributed by atoms with E-state index in [1.165, 1.54) is 12.8 Å². The minimum atomic E-state index is -0.0505.